The number of hydrazone groups is 1. The van der Waals surface area contributed by atoms with Crippen molar-refractivity contribution < 1.29 is 14.3 Å². The highest BCUT2D eigenvalue weighted by Crippen LogP contribution is 2.35. The molecule has 4 rings (SSSR count). The average Bonchev–Trinajstić information content (AvgIpc) is 3.29. The average molecular weight is 439 g/mol. The summed E-state index contributed by atoms with van der Waals surface area (Å²) in [5.74, 6) is 2.19. The van der Waals surface area contributed by atoms with E-state index in [0.29, 0.717) is 17.4 Å². The van der Waals surface area contributed by atoms with Crippen LogP contribution in [0.15, 0.2) is 53.6 Å². The summed E-state index contributed by atoms with van der Waals surface area (Å²) in [6.07, 6.45) is 7.03. The minimum Gasteiger partial charge on any atom is -0.497 e. The van der Waals surface area contributed by atoms with E-state index in [1.807, 2.05) is 48.5 Å². The predicted molar refractivity (Wildman–Crippen MR) is 126 cm³/mol. The molecule has 1 atom stereocenters. The summed E-state index contributed by atoms with van der Waals surface area (Å²) in [7, 11) is 3.32. The molecule has 1 fully saturated rings. The highest BCUT2D eigenvalue weighted by atomic mass is 32.2. The van der Waals surface area contributed by atoms with Gasteiger partial charge in [-0.2, -0.15) is 5.10 Å². The Morgan fingerprint density at radius 2 is 1.58 bits per heavy atom. The largest absolute Gasteiger partial charge is 0.497 e. The van der Waals surface area contributed by atoms with E-state index in [1.54, 1.807) is 31.0 Å². The van der Waals surface area contributed by atoms with Crippen molar-refractivity contribution in [3.63, 3.8) is 0 Å². The van der Waals surface area contributed by atoms with Gasteiger partial charge in [0.2, 0.25) is 0 Å². The lowest BCUT2D eigenvalue weighted by molar-refractivity contribution is -0.130. The molecule has 1 unspecified atom stereocenters. The molecule has 6 heteroatoms. The van der Waals surface area contributed by atoms with E-state index in [0.717, 1.165) is 28.3 Å². The van der Waals surface area contributed by atoms with E-state index in [1.165, 1.54) is 32.1 Å². The van der Waals surface area contributed by atoms with Crippen molar-refractivity contribution in [1.82, 2.24) is 5.01 Å². The van der Waals surface area contributed by atoms with E-state index in [4.69, 9.17) is 14.6 Å². The predicted octanol–water partition coefficient (Wildman–Crippen LogP) is 5.45. The van der Waals surface area contributed by atoms with Gasteiger partial charge in [0.1, 0.15) is 11.5 Å². The number of nitrogens with zero attached hydrogens (tertiary/aromatic N) is 2. The second-order valence-electron chi connectivity index (χ2n) is 8.08. The summed E-state index contributed by atoms with van der Waals surface area (Å²) in [6, 6.07) is 15.7. The number of ether oxygens (including phenoxy) is 2. The van der Waals surface area contributed by atoms with Crippen molar-refractivity contribution in [3.05, 3.63) is 59.7 Å². The topological polar surface area (TPSA) is 51.1 Å². The van der Waals surface area contributed by atoms with Gasteiger partial charge in [0, 0.05) is 11.7 Å². The standard InChI is InChI=1S/C25H30N2O3S/c1-29-20-12-8-18(9-13-20)23-16-24(19-10-14-21(30-2)15-11-19)27(26-23)25(28)17-31-22-6-4-3-5-7-22/h8-15,22,24H,3-7,16-17H2,1-2H3. The molecular weight excluding hydrogens is 408 g/mol. The van der Waals surface area contributed by atoms with Crippen LogP contribution in [0.2, 0.25) is 0 Å². The highest BCUT2D eigenvalue weighted by Gasteiger charge is 2.33. The van der Waals surface area contributed by atoms with E-state index in [9.17, 15) is 4.79 Å². The van der Waals surface area contributed by atoms with Gasteiger partial charge in [-0.15, -0.1) is 11.8 Å². The maximum Gasteiger partial charge on any atom is 0.253 e. The van der Waals surface area contributed by atoms with Gasteiger partial charge in [-0.25, -0.2) is 5.01 Å². The number of rotatable bonds is 7. The summed E-state index contributed by atoms with van der Waals surface area (Å²) in [6.45, 7) is 0. The normalized spacial score (nSPS) is 19.2. The maximum atomic E-state index is 13.2. The summed E-state index contributed by atoms with van der Waals surface area (Å²) in [5, 5.41) is 7.10. The fraction of sp³-hybridized carbons (Fsp3) is 0.440. The summed E-state index contributed by atoms with van der Waals surface area (Å²) in [4.78, 5) is 13.2. The van der Waals surface area contributed by atoms with E-state index in [-0.39, 0.29) is 11.9 Å². The minimum absolute atomic E-state index is 0.0832. The van der Waals surface area contributed by atoms with Crippen molar-refractivity contribution in [2.45, 2.75) is 49.8 Å². The van der Waals surface area contributed by atoms with Gasteiger partial charge in [-0.05, 0) is 60.4 Å². The second-order valence-corrected chi connectivity index (χ2v) is 9.37. The van der Waals surface area contributed by atoms with Crippen molar-refractivity contribution >= 4 is 23.4 Å². The van der Waals surface area contributed by atoms with Crippen LogP contribution >= 0.6 is 11.8 Å². The van der Waals surface area contributed by atoms with Gasteiger partial charge in [0.25, 0.3) is 5.91 Å². The molecule has 31 heavy (non-hydrogen) atoms. The molecule has 2 aliphatic rings. The molecule has 1 saturated carbocycles. The van der Waals surface area contributed by atoms with Crippen molar-refractivity contribution in [2.24, 2.45) is 5.10 Å². The monoisotopic (exact) mass is 438 g/mol. The van der Waals surface area contributed by atoms with Gasteiger partial charge in [0.05, 0.1) is 31.7 Å². The Hall–Kier alpha value is -2.47. The molecule has 164 valence electrons. The molecule has 1 aliphatic carbocycles. The molecule has 0 radical (unpaired) electrons. The van der Waals surface area contributed by atoms with Gasteiger partial charge < -0.3 is 9.47 Å². The lowest BCUT2D eigenvalue weighted by Gasteiger charge is -2.24. The molecule has 0 spiro atoms. The van der Waals surface area contributed by atoms with Crippen LogP contribution < -0.4 is 9.47 Å². The second kappa shape index (κ2) is 10.2. The third kappa shape index (κ3) is 5.24. The summed E-state index contributed by atoms with van der Waals surface area (Å²) >= 11 is 1.80. The Morgan fingerprint density at radius 3 is 2.19 bits per heavy atom. The molecule has 1 amide bonds. The first-order chi connectivity index (χ1) is 15.2. The zero-order valence-corrected chi connectivity index (χ0v) is 19.1. The van der Waals surface area contributed by atoms with Gasteiger partial charge >= 0.3 is 0 Å². The molecule has 2 aromatic rings. The Balaban J connectivity index is 1.53. The lowest BCUT2D eigenvalue weighted by Crippen LogP contribution is -2.29. The number of thioether (sulfide) groups is 1. The van der Waals surface area contributed by atoms with Crippen LogP contribution in [-0.4, -0.2) is 41.9 Å². The third-order valence-electron chi connectivity index (χ3n) is 6.08. The van der Waals surface area contributed by atoms with Crippen LogP contribution in [0, 0.1) is 0 Å². The lowest BCUT2D eigenvalue weighted by atomic mass is 9.98. The fourth-order valence-corrected chi connectivity index (χ4v) is 5.45. The van der Waals surface area contributed by atoms with Crippen LogP contribution in [-0.2, 0) is 4.79 Å². The first-order valence-electron chi connectivity index (χ1n) is 11.0. The Morgan fingerprint density at radius 1 is 0.968 bits per heavy atom. The number of hydrogen-bond acceptors (Lipinski definition) is 5. The Kier molecular flexibility index (Phi) is 7.17. The first kappa shape index (κ1) is 21.8. The molecule has 0 bridgehead atoms. The third-order valence-corrected chi connectivity index (χ3v) is 7.44. The van der Waals surface area contributed by atoms with E-state index < -0.39 is 0 Å². The van der Waals surface area contributed by atoms with Gasteiger partial charge in [0.15, 0.2) is 0 Å². The molecule has 0 saturated heterocycles. The van der Waals surface area contributed by atoms with Gasteiger partial charge in [-0.1, -0.05) is 31.4 Å². The van der Waals surface area contributed by atoms with Crippen LogP contribution in [0.3, 0.4) is 0 Å². The molecule has 2 aromatic carbocycles. The quantitative estimate of drug-likeness (QED) is 0.577. The maximum absolute atomic E-state index is 13.2. The number of carbonyl (C=O) groups excluding carboxylic acids is 1. The van der Waals surface area contributed by atoms with Crippen LogP contribution in [0.4, 0.5) is 0 Å². The van der Waals surface area contributed by atoms with Crippen molar-refractivity contribution in [2.75, 3.05) is 20.0 Å². The molecular formula is C25H30N2O3S. The number of benzene rings is 2. The molecule has 1 aliphatic heterocycles. The smallest absolute Gasteiger partial charge is 0.253 e. The van der Waals surface area contributed by atoms with E-state index in [2.05, 4.69) is 0 Å². The SMILES string of the molecule is COc1ccc(C2=NN(C(=O)CSC3CCCCC3)C(c3ccc(OC)cc3)C2)cc1. The molecule has 0 N–H and O–H groups in total. The first-order valence-corrected chi connectivity index (χ1v) is 12.0. The van der Waals surface area contributed by atoms with Gasteiger partial charge in [-0.3, -0.25) is 4.79 Å². The molecule has 0 aromatic heterocycles. The number of hydrogen-bond donors (Lipinski definition) is 0. The number of methoxy groups -OCH3 is 2. The van der Waals surface area contributed by atoms with Crippen LogP contribution in [0.1, 0.15) is 55.7 Å². The summed E-state index contributed by atoms with van der Waals surface area (Å²) < 4.78 is 10.6. The molecule has 1 heterocycles. The summed E-state index contributed by atoms with van der Waals surface area (Å²) in [5.41, 5.74) is 3.03. The molecule has 5 nitrogen and oxygen atoms in total. The Bertz CT molecular complexity index is 905. The van der Waals surface area contributed by atoms with Crippen molar-refractivity contribution in [1.29, 1.82) is 0 Å². The van der Waals surface area contributed by atoms with Crippen LogP contribution in [0.25, 0.3) is 0 Å². The minimum atomic E-state index is -0.0949. The number of amides is 1. The fourth-order valence-electron chi connectivity index (χ4n) is 4.27. The zero-order valence-electron chi connectivity index (χ0n) is 18.3. The van der Waals surface area contributed by atoms with Crippen LogP contribution in [0.5, 0.6) is 11.5 Å². The van der Waals surface area contributed by atoms with E-state index >= 15 is 0 Å². The Labute approximate surface area is 188 Å². The van der Waals surface area contributed by atoms with Crippen molar-refractivity contribution in [3.8, 4) is 11.5 Å². The zero-order chi connectivity index (χ0) is 21.6. The number of carbonyl (C=O) groups is 1. The highest BCUT2D eigenvalue weighted by molar-refractivity contribution is 8.00.